The van der Waals surface area contributed by atoms with Gasteiger partial charge in [-0.15, -0.1) is 0 Å². The topological polar surface area (TPSA) is 28.5 Å². The summed E-state index contributed by atoms with van der Waals surface area (Å²) in [6, 6.07) is 12.5. The molecule has 1 amide bonds. The van der Waals surface area contributed by atoms with Gasteiger partial charge in [-0.3, -0.25) is 9.69 Å². The van der Waals surface area contributed by atoms with Gasteiger partial charge in [-0.1, -0.05) is 31.5 Å². The van der Waals surface area contributed by atoms with E-state index in [2.05, 4.69) is 45.7 Å². The summed E-state index contributed by atoms with van der Waals surface area (Å²) in [5, 5.41) is 0. The third-order valence-electron chi connectivity index (χ3n) is 6.14. The molecule has 4 heteroatoms. The summed E-state index contributed by atoms with van der Waals surface area (Å²) in [5.41, 5.74) is 3.55. The SMILES string of the molecule is CCCCc1cccn1CN1CCC(CN2Cc3ccccc3C2=O)CC1. The average Bonchev–Trinajstić information content (AvgIpc) is 3.26. The maximum atomic E-state index is 12.6. The van der Waals surface area contributed by atoms with Crippen LogP contribution in [0.3, 0.4) is 0 Å². The van der Waals surface area contributed by atoms with E-state index in [9.17, 15) is 4.79 Å². The van der Waals surface area contributed by atoms with Crippen LogP contribution in [0.2, 0.25) is 0 Å². The number of unbranched alkanes of at least 4 members (excludes halogenated alkanes) is 1. The van der Waals surface area contributed by atoms with Crippen molar-refractivity contribution >= 4 is 5.91 Å². The molecule has 0 saturated carbocycles. The van der Waals surface area contributed by atoms with Crippen LogP contribution in [0, 0.1) is 5.92 Å². The predicted molar refractivity (Wildman–Crippen MR) is 109 cm³/mol. The van der Waals surface area contributed by atoms with Gasteiger partial charge in [0.1, 0.15) is 0 Å². The lowest BCUT2D eigenvalue weighted by Gasteiger charge is -2.34. The molecule has 0 radical (unpaired) electrons. The summed E-state index contributed by atoms with van der Waals surface area (Å²) < 4.78 is 2.41. The van der Waals surface area contributed by atoms with E-state index < -0.39 is 0 Å². The Labute approximate surface area is 162 Å². The van der Waals surface area contributed by atoms with Gasteiger partial charge >= 0.3 is 0 Å². The molecule has 0 spiro atoms. The van der Waals surface area contributed by atoms with Crippen LogP contribution in [0.25, 0.3) is 0 Å². The van der Waals surface area contributed by atoms with Crippen LogP contribution in [0.1, 0.15) is 54.2 Å². The first-order valence-corrected chi connectivity index (χ1v) is 10.5. The summed E-state index contributed by atoms with van der Waals surface area (Å²) in [5.74, 6) is 0.852. The molecule has 1 aromatic carbocycles. The Balaban J connectivity index is 1.26. The molecule has 144 valence electrons. The fraction of sp³-hybridized carbons (Fsp3) is 0.522. The number of fused-ring (bicyclic) bond motifs is 1. The number of hydrogen-bond acceptors (Lipinski definition) is 2. The zero-order valence-electron chi connectivity index (χ0n) is 16.4. The molecule has 2 aliphatic heterocycles. The lowest BCUT2D eigenvalue weighted by molar-refractivity contribution is 0.0698. The minimum atomic E-state index is 0.223. The molecule has 0 bridgehead atoms. The number of aromatic nitrogens is 1. The zero-order valence-corrected chi connectivity index (χ0v) is 16.4. The fourth-order valence-corrected chi connectivity index (χ4v) is 4.47. The molecule has 4 rings (SSSR count). The van der Waals surface area contributed by atoms with Crippen molar-refractivity contribution in [1.29, 1.82) is 0 Å². The lowest BCUT2D eigenvalue weighted by Crippen LogP contribution is -2.39. The molecular formula is C23H31N3O. The Morgan fingerprint density at radius 1 is 1.07 bits per heavy atom. The van der Waals surface area contributed by atoms with Gasteiger partial charge in [0.2, 0.25) is 0 Å². The van der Waals surface area contributed by atoms with E-state index in [-0.39, 0.29) is 5.91 Å². The highest BCUT2D eigenvalue weighted by Gasteiger charge is 2.30. The number of benzene rings is 1. The number of likely N-dealkylation sites (tertiary alicyclic amines) is 1. The second-order valence-electron chi connectivity index (χ2n) is 8.12. The molecule has 0 N–H and O–H groups in total. The van der Waals surface area contributed by atoms with Gasteiger partial charge in [0.25, 0.3) is 5.91 Å². The second kappa shape index (κ2) is 8.30. The molecule has 2 aliphatic rings. The highest BCUT2D eigenvalue weighted by Crippen LogP contribution is 2.26. The normalized spacial score (nSPS) is 18.3. The number of nitrogens with zero attached hydrogens (tertiary/aromatic N) is 3. The summed E-state index contributed by atoms with van der Waals surface area (Å²) in [4.78, 5) is 17.2. The summed E-state index contributed by atoms with van der Waals surface area (Å²) >= 11 is 0. The van der Waals surface area contributed by atoms with Crippen molar-refractivity contribution in [3.63, 3.8) is 0 Å². The first kappa shape index (κ1) is 18.3. The van der Waals surface area contributed by atoms with Gasteiger partial charge in [-0.25, -0.2) is 0 Å². The van der Waals surface area contributed by atoms with Crippen molar-refractivity contribution < 1.29 is 4.79 Å². The monoisotopic (exact) mass is 365 g/mol. The molecule has 1 fully saturated rings. The van der Waals surface area contributed by atoms with Crippen LogP contribution in [-0.2, 0) is 19.6 Å². The van der Waals surface area contributed by atoms with Gasteiger partial charge in [-0.05, 0) is 55.4 Å². The number of piperidine rings is 1. The van der Waals surface area contributed by atoms with E-state index in [1.807, 2.05) is 18.2 Å². The Bertz CT molecular complexity index is 773. The van der Waals surface area contributed by atoms with Crippen LogP contribution in [0.4, 0.5) is 0 Å². The maximum absolute atomic E-state index is 12.6. The van der Waals surface area contributed by atoms with Crippen molar-refractivity contribution in [3.05, 3.63) is 59.4 Å². The van der Waals surface area contributed by atoms with E-state index in [0.717, 1.165) is 38.4 Å². The van der Waals surface area contributed by atoms with Crippen molar-refractivity contribution in [2.45, 2.75) is 52.2 Å². The Morgan fingerprint density at radius 2 is 1.89 bits per heavy atom. The van der Waals surface area contributed by atoms with E-state index in [4.69, 9.17) is 0 Å². The molecule has 4 nitrogen and oxygen atoms in total. The molecular weight excluding hydrogens is 334 g/mol. The molecule has 2 aromatic rings. The number of hydrogen-bond donors (Lipinski definition) is 0. The lowest BCUT2D eigenvalue weighted by atomic mass is 9.96. The number of rotatable bonds is 7. The van der Waals surface area contributed by atoms with E-state index in [1.165, 1.54) is 43.4 Å². The van der Waals surface area contributed by atoms with Gasteiger partial charge in [0, 0.05) is 43.6 Å². The largest absolute Gasteiger partial charge is 0.338 e. The molecule has 0 unspecified atom stereocenters. The van der Waals surface area contributed by atoms with Gasteiger partial charge < -0.3 is 9.47 Å². The number of carbonyl (C=O) groups is 1. The van der Waals surface area contributed by atoms with Crippen LogP contribution < -0.4 is 0 Å². The highest BCUT2D eigenvalue weighted by molar-refractivity contribution is 5.98. The third kappa shape index (κ3) is 4.11. The Morgan fingerprint density at radius 3 is 2.67 bits per heavy atom. The molecule has 0 atom stereocenters. The minimum absolute atomic E-state index is 0.223. The maximum Gasteiger partial charge on any atom is 0.254 e. The van der Waals surface area contributed by atoms with Crippen LogP contribution in [-0.4, -0.2) is 39.9 Å². The number of carbonyl (C=O) groups excluding carboxylic acids is 1. The summed E-state index contributed by atoms with van der Waals surface area (Å²) in [6.45, 7) is 7.22. The number of amides is 1. The Hall–Kier alpha value is -2.07. The van der Waals surface area contributed by atoms with Gasteiger partial charge in [-0.2, -0.15) is 0 Å². The summed E-state index contributed by atoms with van der Waals surface area (Å²) in [6.07, 6.45) is 8.28. The third-order valence-corrected chi connectivity index (χ3v) is 6.14. The van der Waals surface area contributed by atoms with E-state index in [0.29, 0.717) is 5.92 Å². The fourth-order valence-electron chi connectivity index (χ4n) is 4.47. The van der Waals surface area contributed by atoms with E-state index in [1.54, 1.807) is 0 Å². The smallest absolute Gasteiger partial charge is 0.254 e. The van der Waals surface area contributed by atoms with Crippen molar-refractivity contribution in [1.82, 2.24) is 14.4 Å². The minimum Gasteiger partial charge on any atom is -0.338 e. The molecule has 0 aliphatic carbocycles. The van der Waals surface area contributed by atoms with Crippen LogP contribution in [0.5, 0.6) is 0 Å². The van der Waals surface area contributed by atoms with Crippen LogP contribution >= 0.6 is 0 Å². The standard InChI is InChI=1S/C23H31N3O/c1-2-3-8-21-9-6-13-25(21)18-24-14-11-19(12-15-24)16-26-17-20-7-4-5-10-22(20)23(26)27/h4-7,9-10,13,19H,2-3,8,11-12,14-18H2,1H3. The van der Waals surface area contributed by atoms with Gasteiger partial charge in [0.15, 0.2) is 0 Å². The molecule has 3 heterocycles. The highest BCUT2D eigenvalue weighted by atomic mass is 16.2. The first-order valence-electron chi connectivity index (χ1n) is 10.5. The van der Waals surface area contributed by atoms with Crippen molar-refractivity contribution in [2.24, 2.45) is 5.92 Å². The number of aryl methyl sites for hydroxylation is 1. The predicted octanol–water partition coefficient (Wildman–Crippen LogP) is 4.16. The van der Waals surface area contributed by atoms with Crippen LogP contribution in [0.15, 0.2) is 42.6 Å². The second-order valence-corrected chi connectivity index (χ2v) is 8.12. The van der Waals surface area contributed by atoms with Crippen molar-refractivity contribution in [3.8, 4) is 0 Å². The average molecular weight is 366 g/mol. The molecule has 1 aromatic heterocycles. The first-order chi connectivity index (χ1) is 13.2. The molecule has 1 saturated heterocycles. The summed E-state index contributed by atoms with van der Waals surface area (Å²) in [7, 11) is 0. The molecule has 27 heavy (non-hydrogen) atoms. The Kier molecular flexibility index (Phi) is 5.63. The van der Waals surface area contributed by atoms with E-state index >= 15 is 0 Å². The van der Waals surface area contributed by atoms with Gasteiger partial charge in [0.05, 0.1) is 6.67 Å². The quantitative estimate of drug-likeness (QED) is 0.737. The zero-order chi connectivity index (χ0) is 18.6. The van der Waals surface area contributed by atoms with Crippen molar-refractivity contribution in [2.75, 3.05) is 19.6 Å².